The molecule has 0 saturated heterocycles. The van der Waals surface area contributed by atoms with Crippen LogP contribution >= 0.6 is 15.9 Å². The minimum atomic E-state index is -0.442. The Hall–Kier alpha value is -1.88. The average molecular weight is 337 g/mol. The first kappa shape index (κ1) is 14.5. The third kappa shape index (κ3) is 2.99. The number of carbonyl (C=O) groups excluding carboxylic acids is 2. The van der Waals surface area contributed by atoms with Crippen LogP contribution in [0.15, 0.2) is 34.8 Å². The minimum Gasteiger partial charge on any atom is -0.462 e. The van der Waals surface area contributed by atoms with E-state index in [1.807, 2.05) is 18.2 Å². The van der Waals surface area contributed by atoms with Gasteiger partial charge in [0, 0.05) is 16.8 Å². The largest absolute Gasteiger partial charge is 0.462 e. The summed E-state index contributed by atoms with van der Waals surface area (Å²) in [7, 11) is 0. The van der Waals surface area contributed by atoms with E-state index in [1.165, 1.54) is 13.0 Å². The van der Waals surface area contributed by atoms with E-state index < -0.39 is 11.9 Å². The minimum absolute atomic E-state index is 0.290. The van der Waals surface area contributed by atoms with Crippen molar-refractivity contribution in [3.05, 3.63) is 40.4 Å². The molecule has 0 fully saturated rings. The highest BCUT2D eigenvalue weighted by Gasteiger charge is 2.15. The van der Waals surface area contributed by atoms with Crippen molar-refractivity contribution in [3.63, 3.8) is 0 Å². The fourth-order valence-corrected chi connectivity index (χ4v) is 2.49. The Bertz CT molecular complexity index is 679. The zero-order valence-electron chi connectivity index (χ0n) is 11.1. The van der Waals surface area contributed by atoms with E-state index in [0.29, 0.717) is 11.3 Å². The molecule has 0 radical (unpaired) electrons. The molecule has 0 amide bonds. The van der Waals surface area contributed by atoms with Gasteiger partial charge in [0.2, 0.25) is 0 Å². The average Bonchev–Trinajstić information content (AvgIpc) is 2.38. The lowest BCUT2D eigenvalue weighted by atomic mass is 10.1. The molecule has 2 aromatic rings. The molecule has 0 aromatic heterocycles. The summed E-state index contributed by atoms with van der Waals surface area (Å²) in [6, 6.07) is 8.77. The van der Waals surface area contributed by atoms with Gasteiger partial charge in [-0.2, -0.15) is 0 Å². The van der Waals surface area contributed by atoms with E-state index in [0.717, 1.165) is 15.2 Å². The maximum Gasteiger partial charge on any atom is 0.338 e. The van der Waals surface area contributed by atoms with Crippen LogP contribution in [0.2, 0.25) is 0 Å². The van der Waals surface area contributed by atoms with Crippen LogP contribution in [0.3, 0.4) is 0 Å². The standard InChI is InChI=1S/C15H13BrO4/c1-3-19-15(18)11-7-10-5-4-6-12(16)14(10)13(8-11)20-9(2)17/h4-8H,3H2,1-2H3. The van der Waals surface area contributed by atoms with Gasteiger partial charge in [-0.25, -0.2) is 4.79 Å². The molecule has 4 nitrogen and oxygen atoms in total. The van der Waals surface area contributed by atoms with E-state index in [9.17, 15) is 9.59 Å². The van der Waals surface area contributed by atoms with E-state index in [-0.39, 0.29) is 6.61 Å². The van der Waals surface area contributed by atoms with Crippen molar-refractivity contribution in [2.45, 2.75) is 13.8 Å². The monoisotopic (exact) mass is 336 g/mol. The van der Waals surface area contributed by atoms with Crippen LogP contribution in [0.1, 0.15) is 24.2 Å². The first-order valence-corrected chi connectivity index (χ1v) is 6.90. The lowest BCUT2D eigenvalue weighted by Gasteiger charge is -2.10. The normalized spacial score (nSPS) is 10.3. The van der Waals surface area contributed by atoms with Crippen LogP contribution in [0.25, 0.3) is 10.8 Å². The van der Waals surface area contributed by atoms with Crippen LogP contribution in [0.5, 0.6) is 5.75 Å². The molecule has 0 unspecified atom stereocenters. The highest BCUT2D eigenvalue weighted by molar-refractivity contribution is 9.10. The highest BCUT2D eigenvalue weighted by atomic mass is 79.9. The zero-order valence-corrected chi connectivity index (χ0v) is 12.7. The summed E-state index contributed by atoms with van der Waals surface area (Å²) in [6.07, 6.45) is 0. The summed E-state index contributed by atoms with van der Waals surface area (Å²) in [5, 5.41) is 1.54. The molecule has 2 rings (SSSR count). The molecule has 0 aliphatic heterocycles. The van der Waals surface area contributed by atoms with E-state index in [4.69, 9.17) is 9.47 Å². The Morgan fingerprint density at radius 1 is 1.25 bits per heavy atom. The third-order valence-electron chi connectivity index (χ3n) is 2.65. The van der Waals surface area contributed by atoms with Gasteiger partial charge in [0.15, 0.2) is 0 Å². The number of benzene rings is 2. The van der Waals surface area contributed by atoms with Crippen LogP contribution in [0, 0.1) is 0 Å². The predicted molar refractivity (Wildman–Crippen MR) is 78.9 cm³/mol. The van der Waals surface area contributed by atoms with Crippen LogP contribution in [0.4, 0.5) is 0 Å². The van der Waals surface area contributed by atoms with Gasteiger partial charge in [0.25, 0.3) is 0 Å². The summed E-state index contributed by atoms with van der Waals surface area (Å²) in [5.74, 6) is -0.545. The van der Waals surface area contributed by atoms with Crippen molar-refractivity contribution in [2.75, 3.05) is 6.61 Å². The van der Waals surface area contributed by atoms with Crippen molar-refractivity contribution in [2.24, 2.45) is 0 Å². The topological polar surface area (TPSA) is 52.6 Å². The molecule has 0 N–H and O–H groups in total. The number of rotatable bonds is 3. The summed E-state index contributed by atoms with van der Waals surface area (Å²) in [6.45, 7) is 3.35. The second-order valence-corrected chi connectivity index (χ2v) is 4.98. The number of hydrogen-bond donors (Lipinski definition) is 0. The summed E-state index contributed by atoms with van der Waals surface area (Å²) < 4.78 is 11.0. The Labute approximate surface area is 124 Å². The SMILES string of the molecule is CCOC(=O)c1cc(OC(C)=O)c2c(Br)cccc2c1. The smallest absolute Gasteiger partial charge is 0.338 e. The van der Waals surface area contributed by atoms with E-state index >= 15 is 0 Å². The first-order valence-electron chi connectivity index (χ1n) is 6.10. The molecule has 104 valence electrons. The van der Waals surface area contributed by atoms with Crippen molar-refractivity contribution >= 4 is 38.6 Å². The van der Waals surface area contributed by atoms with Crippen LogP contribution in [-0.2, 0) is 9.53 Å². The van der Waals surface area contributed by atoms with Crippen LogP contribution in [-0.4, -0.2) is 18.5 Å². The molecule has 0 spiro atoms. The number of halogens is 1. The van der Waals surface area contributed by atoms with E-state index in [2.05, 4.69) is 15.9 Å². The van der Waals surface area contributed by atoms with Crippen molar-refractivity contribution in [1.82, 2.24) is 0 Å². The van der Waals surface area contributed by atoms with Gasteiger partial charge >= 0.3 is 11.9 Å². The summed E-state index contributed by atoms with van der Waals surface area (Å²) in [4.78, 5) is 23.1. The molecule has 0 bridgehead atoms. The van der Waals surface area contributed by atoms with Gasteiger partial charge in [-0.3, -0.25) is 4.79 Å². The number of carbonyl (C=O) groups is 2. The number of fused-ring (bicyclic) bond motifs is 1. The van der Waals surface area contributed by atoms with Crippen molar-refractivity contribution in [1.29, 1.82) is 0 Å². The Morgan fingerprint density at radius 3 is 2.65 bits per heavy atom. The van der Waals surface area contributed by atoms with E-state index in [1.54, 1.807) is 13.0 Å². The molecule has 20 heavy (non-hydrogen) atoms. The second-order valence-electron chi connectivity index (χ2n) is 4.13. The molecular formula is C15H13BrO4. The molecule has 2 aromatic carbocycles. The predicted octanol–water partition coefficient (Wildman–Crippen LogP) is 3.70. The second kappa shape index (κ2) is 6.05. The molecule has 0 saturated carbocycles. The van der Waals surface area contributed by atoms with Gasteiger partial charge < -0.3 is 9.47 Å². The Balaban J connectivity index is 2.64. The quantitative estimate of drug-likeness (QED) is 0.633. The number of ether oxygens (including phenoxy) is 2. The molecule has 0 aliphatic rings. The van der Waals surface area contributed by atoms with Crippen LogP contribution < -0.4 is 4.74 Å². The molecule has 5 heteroatoms. The van der Waals surface area contributed by atoms with Gasteiger partial charge in [0.05, 0.1) is 12.2 Å². The molecule has 0 atom stereocenters. The summed E-state index contributed by atoms with van der Waals surface area (Å²) >= 11 is 3.42. The maximum absolute atomic E-state index is 11.8. The lowest BCUT2D eigenvalue weighted by Crippen LogP contribution is -2.07. The molecule has 0 heterocycles. The first-order chi connectivity index (χ1) is 9.52. The number of esters is 2. The van der Waals surface area contributed by atoms with Gasteiger partial charge in [-0.15, -0.1) is 0 Å². The Kier molecular flexibility index (Phi) is 4.39. The van der Waals surface area contributed by atoms with Gasteiger partial charge in [-0.05, 0) is 30.5 Å². The lowest BCUT2D eigenvalue weighted by molar-refractivity contribution is -0.131. The number of hydrogen-bond acceptors (Lipinski definition) is 4. The molecule has 0 aliphatic carbocycles. The Morgan fingerprint density at radius 2 is 2.00 bits per heavy atom. The fraction of sp³-hybridized carbons (Fsp3) is 0.200. The third-order valence-corrected chi connectivity index (χ3v) is 3.32. The highest BCUT2D eigenvalue weighted by Crippen LogP contribution is 2.34. The molecular weight excluding hydrogens is 324 g/mol. The zero-order chi connectivity index (χ0) is 14.7. The van der Waals surface area contributed by atoms with Crippen molar-refractivity contribution < 1.29 is 19.1 Å². The summed E-state index contributed by atoms with van der Waals surface area (Å²) in [5.41, 5.74) is 0.355. The fourth-order valence-electron chi connectivity index (χ4n) is 1.91. The maximum atomic E-state index is 11.8. The van der Waals surface area contributed by atoms with Crippen molar-refractivity contribution in [3.8, 4) is 5.75 Å². The van der Waals surface area contributed by atoms with Gasteiger partial charge in [0.1, 0.15) is 5.75 Å². The van der Waals surface area contributed by atoms with Gasteiger partial charge in [-0.1, -0.05) is 28.1 Å².